The molecule has 0 heterocycles. The normalized spacial score (nSPS) is 11.5. The van der Waals surface area contributed by atoms with E-state index in [0.717, 1.165) is 0 Å². The smallest absolute Gasteiger partial charge is 0.303 e. The molecule has 1 aromatic rings. The summed E-state index contributed by atoms with van der Waals surface area (Å²) in [6, 6.07) is 4.72. The van der Waals surface area contributed by atoms with E-state index in [1.54, 1.807) is 19.1 Å². The molecule has 0 saturated carbocycles. The third-order valence-electron chi connectivity index (χ3n) is 2.80. The quantitative estimate of drug-likeness (QED) is 0.721. The number of unbranched alkanes of at least 4 members (excludes halogenated alkanes) is 2. The van der Waals surface area contributed by atoms with Crippen molar-refractivity contribution in [3.63, 3.8) is 0 Å². The molecule has 0 bridgehead atoms. The molecule has 0 aliphatic heterocycles. The fourth-order valence-corrected chi connectivity index (χ4v) is 3.31. The predicted molar refractivity (Wildman–Crippen MR) is 77.5 cm³/mol. The Morgan fingerprint density at radius 2 is 2.00 bits per heavy atom. The van der Waals surface area contributed by atoms with Crippen molar-refractivity contribution in [2.75, 3.05) is 6.54 Å². The Bertz CT molecular complexity index is 572. The average Bonchev–Trinajstić information content (AvgIpc) is 2.36. The number of benzene rings is 1. The minimum atomic E-state index is -3.57. The second-order valence-electron chi connectivity index (χ2n) is 4.51. The van der Waals surface area contributed by atoms with E-state index < -0.39 is 16.0 Å². The Labute approximate surface area is 124 Å². The summed E-state index contributed by atoms with van der Waals surface area (Å²) in [6.07, 6.45) is 1.93. The topological polar surface area (TPSA) is 83.5 Å². The fraction of sp³-hybridized carbons (Fsp3) is 0.462. The molecule has 2 N–H and O–H groups in total. The van der Waals surface area contributed by atoms with Crippen molar-refractivity contribution < 1.29 is 18.3 Å². The molecular formula is C13H18ClNO4S. The molecule has 0 saturated heterocycles. The summed E-state index contributed by atoms with van der Waals surface area (Å²) < 4.78 is 26.7. The minimum absolute atomic E-state index is 0.111. The van der Waals surface area contributed by atoms with E-state index in [0.29, 0.717) is 29.8 Å². The second kappa shape index (κ2) is 7.61. The van der Waals surface area contributed by atoms with Gasteiger partial charge in [-0.25, -0.2) is 13.1 Å². The van der Waals surface area contributed by atoms with Gasteiger partial charge in [0.05, 0.1) is 4.90 Å². The number of hydrogen-bond acceptors (Lipinski definition) is 3. The summed E-state index contributed by atoms with van der Waals surface area (Å²) in [6.45, 7) is 1.99. The molecule has 112 valence electrons. The Balaban J connectivity index is 2.50. The van der Waals surface area contributed by atoms with E-state index in [9.17, 15) is 13.2 Å². The number of halogens is 1. The maximum atomic E-state index is 12.1. The van der Waals surface area contributed by atoms with Crippen LogP contribution in [0.4, 0.5) is 0 Å². The van der Waals surface area contributed by atoms with Gasteiger partial charge in [0.1, 0.15) is 0 Å². The van der Waals surface area contributed by atoms with Gasteiger partial charge in [0, 0.05) is 18.0 Å². The second-order valence-corrected chi connectivity index (χ2v) is 6.68. The lowest BCUT2D eigenvalue weighted by molar-refractivity contribution is -0.137. The first kappa shape index (κ1) is 16.9. The summed E-state index contributed by atoms with van der Waals surface area (Å²) in [7, 11) is -3.57. The number of carboxylic acid groups (broad SMARTS) is 1. The molecule has 7 heteroatoms. The lowest BCUT2D eigenvalue weighted by Crippen LogP contribution is -2.25. The highest BCUT2D eigenvalue weighted by Crippen LogP contribution is 2.19. The molecule has 1 rings (SSSR count). The van der Waals surface area contributed by atoms with Crippen LogP contribution in [0, 0.1) is 6.92 Å². The summed E-state index contributed by atoms with van der Waals surface area (Å²) in [5.74, 6) is -0.833. The van der Waals surface area contributed by atoms with Gasteiger partial charge in [0.15, 0.2) is 0 Å². The third-order valence-corrected chi connectivity index (χ3v) is 4.64. The number of hydrogen-bond donors (Lipinski definition) is 2. The van der Waals surface area contributed by atoms with E-state index in [1.165, 1.54) is 6.07 Å². The molecule has 0 radical (unpaired) electrons. The zero-order valence-corrected chi connectivity index (χ0v) is 12.8. The lowest BCUT2D eigenvalue weighted by Gasteiger charge is -2.09. The number of nitrogens with one attached hydrogen (secondary N) is 1. The van der Waals surface area contributed by atoms with Crippen molar-refractivity contribution in [2.45, 2.75) is 37.5 Å². The average molecular weight is 320 g/mol. The molecule has 0 spiro atoms. The van der Waals surface area contributed by atoms with Crippen molar-refractivity contribution in [1.82, 2.24) is 4.72 Å². The Kier molecular flexibility index (Phi) is 6.45. The first-order valence-corrected chi connectivity index (χ1v) is 8.16. The summed E-state index contributed by atoms with van der Waals surface area (Å²) in [4.78, 5) is 10.5. The zero-order chi connectivity index (χ0) is 15.2. The summed E-state index contributed by atoms with van der Waals surface area (Å²) in [5.41, 5.74) is 0.632. The number of aliphatic carboxylic acids is 1. The number of sulfonamides is 1. The molecule has 5 nitrogen and oxygen atoms in total. The van der Waals surface area contributed by atoms with Crippen LogP contribution in [-0.2, 0) is 14.8 Å². The molecule has 1 aromatic carbocycles. The molecule has 0 atom stereocenters. The van der Waals surface area contributed by atoms with Gasteiger partial charge in [-0.1, -0.05) is 24.1 Å². The molecule has 0 fully saturated rings. The Morgan fingerprint density at radius 1 is 1.30 bits per heavy atom. The van der Waals surface area contributed by atoms with Crippen molar-refractivity contribution in [3.05, 3.63) is 28.8 Å². The van der Waals surface area contributed by atoms with E-state index in [4.69, 9.17) is 16.7 Å². The van der Waals surface area contributed by atoms with Crippen LogP contribution < -0.4 is 4.72 Å². The molecular weight excluding hydrogens is 302 g/mol. The largest absolute Gasteiger partial charge is 0.481 e. The first-order chi connectivity index (χ1) is 9.33. The number of carboxylic acids is 1. The Morgan fingerprint density at radius 3 is 2.65 bits per heavy atom. The lowest BCUT2D eigenvalue weighted by atomic mass is 10.2. The summed E-state index contributed by atoms with van der Waals surface area (Å²) >= 11 is 5.81. The highest BCUT2D eigenvalue weighted by molar-refractivity contribution is 7.89. The maximum absolute atomic E-state index is 12.1. The third kappa shape index (κ3) is 5.48. The van der Waals surface area contributed by atoms with Gasteiger partial charge in [-0.05, 0) is 37.5 Å². The zero-order valence-electron chi connectivity index (χ0n) is 11.2. The molecule has 0 amide bonds. The van der Waals surface area contributed by atoms with Crippen LogP contribution in [0.1, 0.15) is 31.2 Å². The van der Waals surface area contributed by atoms with Crippen LogP contribution in [0.2, 0.25) is 5.02 Å². The van der Waals surface area contributed by atoms with Crippen LogP contribution in [-0.4, -0.2) is 26.0 Å². The maximum Gasteiger partial charge on any atom is 0.303 e. The highest BCUT2D eigenvalue weighted by Gasteiger charge is 2.16. The van der Waals surface area contributed by atoms with Crippen LogP contribution in [0.15, 0.2) is 23.1 Å². The minimum Gasteiger partial charge on any atom is -0.481 e. The predicted octanol–water partition coefficient (Wildman–Crippen LogP) is 2.57. The van der Waals surface area contributed by atoms with Gasteiger partial charge >= 0.3 is 5.97 Å². The van der Waals surface area contributed by atoms with Gasteiger partial charge < -0.3 is 5.11 Å². The van der Waals surface area contributed by atoms with Crippen molar-refractivity contribution in [3.8, 4) is 0 Å². The SMILES string of the molecule is Cc1ccc(Cl)cc1S(=O)(=O)NCCCCCC(=O)O. The van der Waals surface area contributed by atoms with Gasteiger partial charge in [-0.3, -0.25) is 4.79 Å². The van der Waals surface area contributed by atoms with E-state index >= 15 is 0 Å². The standard InChI is InChI=1S/C13H18ClNO4S/c1-10-6-7-11(14)9-12(10)20(18,19)15-8-4-2-3-5-13(16)17/h6-7,9,15H,2-5,8H2,1H3,(H,16,17). The molecule has 0 aromatic heterocycles. The van der Waals surface area contributed by atoms with Crippen LogP contribution in [0.3, 0.4) is 0 Å². The van der Waals surface area contributed by atoms with E-state index in [-0.39, 0.29) is 17.9 Å². The van der Waals surface area contributed by atoms with Crippen molar-refractivity contribution in [1.29, 1.82) is 0 Å². The molecule has 0 aliphatic rings. The van der Waals surface area contributed by atoms with Gasteiger partial charge in [-0.2, -0.15) is 0 Å². The fourth-order valence-electron chi connectivity index (χ4n) is 1.73. The number of aryl methyl sites for hydroxylation is 1. The first-order valence-electron chi connectivity index (χ1n) is 6.30. The van der Waals surface area contributed by atoms with E-state index in [1.807, 2.05) is 0 Å². The molecule has 0 unspecified atom stereocenters. The monoisotopic (exact) mass is 319 g/mol. The van der Waals surface area contributed by atoms with Gasteiger partial charge in [-0.15, -0.1) is 0 Å². The van der Waals surface area contributed by atoms with Crippen molar-refractivity contribution in [2.24, 2.45) is 0 Å². The highest BCUT2D eigenvalue weighted by atomic mass is 35.5. The molecule has 20 heavy (non-hydrogen) atoms. The number of rotatable bonds is 8. The van der Waals surface area contributed by atoms with Crippen molar-refractivity contribution >= 4 is 27.6 Å². The Hall–Kier alpha value is -1.11. The van der Waals surface area contributed by atoms with Crippen LogP contribution in [0.5, 0.6) is 0 Å². The van der Waals surface area contributed by atoms with Gasteiger partial charge in [0.2, 0.25) is 10.0 Å². The van der Waals surface area contributed by atoms with E-state index in [2.05, 4.69) is 4.72 Å². The van der Waals surface area contributed by atoms with Crippen LogP contribution in [0.25, 0.3) is 0 Å². The van der Waals surface area contributed by atoms with Crippen LogP contribution >= 0.6 is 11.6 Å². The number of carbonyl (C=O) groups is 1. The molecule has 0 aliphatic carbocycles. The van der Waals surface area contributed by atoms with Gasteiger partial charge in [0.25, 0.3) is 0 Å². The summed E-state index contributed by atoms with van der Waals surface area (Å²) in [5, 5.41) is 8.85.